The van der Waals surface area contributed by atoms with Crippen LogP contribution in [-0.4, -0.2) is 23.1 Å². The van der Waals surface area contributed by atoms with Crippen molar-refractivity contribution in [2.24, 2.45) is 0 Å². The van der Waals surface area contributed by atoms with E-state index in [-0.39, 0.29) is 6.04 Å². The van der Waals surface area contributed by atoms with Gasteiger partial charge in [-0.05, 0) is 42.3 Å². The summed E-state index contributed by atoms with van der Waals surface area (Å²) in [6.07, 6.45) is 5.37. The minimum absolute atomic E-state index is 0.0961. The lowest BCUT2D eigenvalue weighted by Gasteiger charge is -2.18. The zero-order valence-corrected chi connectivity index (χ0v) is 13.6. The van der Waals surface area contributed by atoms with Gasteiger partial charge in [0, 0.05) is 23.3 Å². The van der Waals surface area contributed by atoms with E-state index in [1.807, 2.05) is 6.07 Å². The quantitative estimate of drug-likeness (QED) is 0.902. The Morgan fingerprint density at radius 1 is 1.33 bits per heavy atom. The van der Waals surface area contributed by atoms with Crippen LogP contribution in [0.2, 0.25) is 0 Å². The maximum atomic E-state index is 5.81. The Hall–Kier alpha value is -1.46. The fourth-order valence-electron chi connectivity index (χ4n) is 2.71. The third kappa shape index (κ3) is 3.24. The van der Waals surface area contributed by atoms with Crippen molar-refractivity contribution >= 4 is 15.9 Å². The molecular weight excluding hydrogens is 330 g/mol. The van der Waals surface area contributed by atoms with E-state index in [2.05, 4.69) is 50.3 Å². The van der Waals surface area contributed by atoms with Gasteiger partial charge >= 0.3 is 0 Å². The molecule has 0 bridgehead atoms. The largest absolute Gasteiger partial charge is 0.493 e. The fourth-order valence-corrected chi connectivity index (χ4v) is 3.26. The molecule has 0 saturated heterocycles. The molecule has 1 atom stereocenters. The number of nitrogens with zero attached hydrogens (tertiary/aromatic N) is 2. The van der Waals surface area contributed by atoms with E-state index in [1.54, 1.807) is 12.4 Å². The lowest BCUT2D eigenvalue weighted by Crippen LogP contribution is -2.25. The maximum absolute atomic E-state index is 5.81. The summed E-state index contributed by atoms with van der Waals surface area (Å²) in [7, 11) is 0. The summed E-state index contributed by atoms with van der Waals surface area (Å²) in [5.74, 6) is 1.86. The topological polar surface area (TPSA) is 47.0 Å². The van der Waals surface area contributed by atoms with E-state index >= 15 is 0 Å². The zero-order chi connectivity index (χ0) is 14.7. The number of hydrogen-bond donors (Lipinski definition) is 1. The van der Waals surface area contributed by atoms with Gasteiger partial charge in [-0.3, -0.25) is 0 Å². The molecule has 1 aliphatic rings. The van der Waals surface area contributed by atoms with Gasteiger partial charge in [0.25, 0.3) is 0 Å². The van der Waals surface area contributed by atoms with Crippen molar-refractivity contribution in [1.82, 2.24) is 15.3 Å². The molecule has 2 aromatic rings. The first kappa shape index (κ1) is 14.5. The number of halogens is 1. The van der Waals surface area contributed by atoms with Crippen molar-refractivity contribution in [2.45, 2.75) is 25.8 Å². The standard InChI is InChI=1S/C16H18BrN3O/c1-2-18-14(16-19-5-3-6-20-16)10-12-9-13(17)8-11-4-7-21-15(11)12/h3,5-6,8-9,14,18H,2,4,7,10H2,1H3. The van der Waals surface area contributed by atoms with Crippen molar-refractivity contribution in [2.75, 3.05) is 13.2 Å². The van der Waals surface area contributed by atoms with Crippen LogP contribution in [0.5, 0.6) is 5.75 Å². The molecule has 0 radical (unpaired) electrons. The lowest BCUT2D eigenvalue weighted by molar-refractivity contribution is 0.351. The Kier molecular flexibility index (Phi) is 4.51. The number of nitrogens with one attached hydrogen (secondary N) is 1. The van der Waals surface area contributed by atoms with Crippen molar-refractivity contribution in [3.8, 4) is 5.75 Å². The molecule has 1 aliphatic heterocycles. The van der Waals surface area contributed by atoms with Crippen LogP contribution in [0.25, 0.3) is 0 Å². The Balaban J connectivity index is 1.90. The summed E-state index contributed by atoms with van der Waals surface area (Å²) in [6, 6.07) is 6.22. The zero-order valence-electron chi connectivity index (χ0n) is 12.0. The van der Waals surface area contributed by atoms with E-state index in [1.165, 1.54) is 11.1 Å². The van der Waals surface area contributed by atoms with Crippen LogP contribution in [0.4, 0.5) is 0 Å². The minimum atomic E-state index is 0.0961. The summed E-state index contributed by atoms with van der Waals surface area (Å²) < 4.78 is 6.91. The van der Waals surface area contributed by atoms with Crippen molar-refractivity contribution in [3.63, 3.8) is 0 Å². The summed E-state index contributed by atoms with van der Waals surface area (Å²) in [6.45, 7) is 3.74. The number of fused-ring (bicyclic) bond motifs is 1. The molecule has 1 unspecified atom stereocenters. The van der Waals surface area contributed by atoms with E-state index in [0.29, 0.717) is 0 Å². The van der Waals surface area contributed by atoms with Gasteiger partial charge in [0.05, 0.1) is 12.6 Å². The third-order valence-electron chi connectivity index (χ3n) is 3.60. The Morgan fingerprint density at radius 3 is 2.90 bits per heavy atom. The number of aromatic nitrogens is 2. The van der Waals surface area contributed by atoms with Gasteiger partial charge in [-0.15, -0.1) is 0 Å². The first-order valence-electron chi connectivity index (χ1n) is 7.22. The molecule has 110 valence electrons. The molecule has 1 aromatic heterocycles. The molecule has 1 aromatic carbocycles. The molecule has 0 saturated carbocycles. The highest BCUT2D eigenvalue weighted by molar-refractivity contribution is 9.10. The molecule has 1 N–H and O–H groups in total. The minimum Gasteiger partial charge on any atom is -0.493 e. The molecule has 5 heteroatoms. The number of rotatable bonds is 5. The van der Waals surface area contributed by atoms with Crippen molar-refractivity contribution in [3.05, 3.63) is 52.0 Å². The molecule has 0 spiro atoms. The smallest absolute Gasteiger partial charge is 0.145 e. The summed E-state index contributed by atoms with van der Waals surface area (Å²) in [5, 5.41) is 3.46. The van der Waals surface area contributed by atoms with Crippen LogP contribution in [0, 0.1) is 0 Å². The molecule has 21 heavy (non-hydrogen) atoms. The Labute approximate surface area is 133 Å². The molecule has 4 nitrogen and oxygen atoms in total. The number of ether oxygens (including phenoxy) is 1. The Morgan fingerprint density at radius 2 is 2.14 bits per heavy atom. The SMILES string of the molecule is CCNC(Cc1cc(Br)cc2c1OCC2)c1ncccn1. The lowest BCUT2D eigenvalue weighted by atomic mass is 10.0. The second-order valence-corrected chi connectivity index (χ2v) is 5.99. The third-order valence-corrected chi connectivity index (χ3v) is 4.06. The second kappa shape index (κ2) is 6.54. The van der Waals surface area contributed by atoms with Gasteiger partial charge in [-0.1, -0.05) is 22.9 Å². The van der Waals surface area contributed by atoms with Gasteiger partial charge in [0.1, 0.15) is 11.6 Å². The highest BCUT2D eigenvalue weighted by Gasteiger charge is 2.21. The van der Waals surface area contributed by atoms with Crippen LogP contribution < -0.4 is 10.1 Å². The highest BCUT2D eigenvalue weighted by atomic mass is 79.9. The predicted molar refractivity (Wildman–Crippen MR) is 85.5 cm³/mol. The second-order valence-electron chi connectivity index (χ2n) is 5.07. The molecule has 0 amide bonds. The average Bonchev–Trinajstić information content (AvgIpc) is 2.96. The number of likely N-dealkylation sites (N-methyl/N-ethyl adjacent to an activating group) is 1. The average molecular weight is 348 g/mol. The van der Waals surface area contributed by atoms with Crippen LogP contribution in [0.1, 0.15) is 29.9 Å². The molecule has 2 heterocycles. The van der Waals surface area contributed by atoms with Crippen LogP contribution in [0.3, 0.4) is 0 Å². The van der Waals surface area contributed by atoms with Crippen molar-refractivity contribution in [1.29, 1.82) is 0 Å². The van der Waals surface area contributed by atoms with Crippen molar-refractivity contribution < 1.29 is 4.74 Å². The van der Waals surface area contributed by atoms with Crippen LogP contribution in [-0.2, 0) is 12.8 Å². The first-order chi connectivity index (χ1) is 10.3. The van der Waals surface area contributed by atoms with E-state index in [0.717, 1.165) is 42.0 Å². The predicted octanol–water partition coefficient (Wildman–Crippen LogP) is 3.07. The van der Waals surface area contributed by atoms with E-state index in [4.69, 9.17) is 4.74 Å². The van der Waals surface area contributed by atoms with Gasteiger partial charge < -0.3 is 10.1 Å². The highest BCUT2D eigenvalue weighted by Crippen LogP contribution is 2.35. The molecule has 0 aliphatic carbocycles. The first-order valence-corrected chi connectivity index (χ1v) is 8.01. The molecule has 0 fully saturated rings. The van der Waals surface area contributed by atoms with Gasteiger partial charge in [0.2, 0.25) is 0 Å². The van der Waals surface area contributed by atoms with Crippen LogP contribution >= 0.6 is 15.9 Å². The van der Waals surface area contributed by atoms with Gasteiger partial charge in [-0.25, -0.2) is 9.97 Å². The fraction of sp³-hybridized carbons (Fsp3) is 0.375. The van der Waals surface area contributed by atoms with E-state index < -0.39 is 0 Å². The number of benzene rings is 1. The van der Waals surface area contributed by atoms with E-state index in [9.17, 15) is 0 Å². The number of hydrogen-bond acceptors (Lipinski definition) is 4. The molecular formula is C16H18BrN3O. The maximum Gasteiger partial charge on any atom is 0.145 e. The summed E-state index contributed by atoms with van der Waals surface area (Å²) in [5.41, 5.74) is 2.49. The molecule has 3 rings (SSSR count). The Bertz CT molecular complexity index is 618. The summed E-state index contributed by atoms with van der Waals surface area (Å²) >= 11 is 3.59. The monoisotopic (exact) mass is 347 g/mol. The van der Waals surface area contributed by atoms with Gasteiger partial charge in [-0.2, -0.15) is 0 Å². The normalized spacial score (nSPS) is 14.6. The van der Waals surface area contributed by atoms with Crippen LogP contribution in [0.15, 0.2) is 35.1 Å². The summed E-state index contributed by atoms with van der Waals surface area (Å²) in [4.78, 5) is 8.77. The van der Waals surface area contributed by atoms with Gasteiger partial charge in [0.15, 0.2) is 0 Å².